The first-order valence-electron chi connectivity index (χ1n) is 6.40. The largest absolute Gasteiger partial charge is 0.461 e. The summed E-state index contributed by atoms with van der Waals surface area (Å²) in [4.78, 5) is 9.03. The maximum absolute atomic E-state index is 5.34. The van der Waals surface area contributed by atoms with Crippen LogP contribution in [-0.4, -0.2) is 23.6 Å². The predicted molar refractivity (Wildman–Crippen MR) is 69.2 cm³/mol. The van der Waals surface area contributed by atoms with Crippen molar-refractivity contribution >= 4 is 0 Å². The summed E-state index contributed by atoms with van der Waals surface area (Å²) in [5, 5.41) is 3.25. The predicted octanol–water partition coefficient (Wildman–Crippen LogP) is 2.06. The van der Waals surface area contributed by atoms with Gasteiger partial charge >= 0.3 is 0 Å². The van der Waals surface area contributed by atoms with Gasteiger partial charge in [0.05, 0.1) is 6.26 Å². The van der Waals surface area contributed by atoms with E-state index in [1.54, 1.807) is 6.26 Å². The standard InChI is InChI=1S/C14H17N3O/c1-15-8-10-4-5-12-11(7-10)9-16-14(17-12)13-3-2-6-18-13/h2-3,6,9-10,15H,4-5,7-8H2,1H3. The molecule has 0 bridgehead atoms. The Morgan fingerprint density at radius 3 is 3.22 bits per heavy atom. The SMILES string of the molecule is CNCC1CCc2nc(-c3ccco3)ncc2C1. The minimum absolute atomic E-state index is 0.700. The van der Waals surface area contributed by atoms with Crippen LogP contribution in [0.2, 0.25) is 0 Å². The van der Waals surface area contributed by atoms with Crippen molar-refractivity contribution in [2.45, 2.75) is 19.3 Å². The second kappa shape index (κ2) is 4.90. The molecule has 0 fully saturated rings. The molecule has 2 aromatic rings. The second-order valence-electron chi connectivity index (χ2n) is 4.81. The fraction of sp³-hybridized carbons (Fsp3) is 0.429. The number of hydrogen-bond acceptors (Lipinski definition) is 4. The Morgan fingerprint density at radius 1 is 1.50 bits per heavy atom. The number of nitrogens with one attached hydrogen (secondary N) is 1. The number of aromatic nitrogens is 2. The first kappa shape index (κ1) is 11.4. The number of hydrogen-bond donors (Lipinski definition) is 1. The summed E-state index contributed by atoms with van der Waals surface area (Å²) in [7, 11) is 2.01. The average Bonchev–Trinajstić information content (AvgIpc) is 2.92. The molecule has 1 atom stereocenters. The van der Waals surface area contributed by atoms with Crippen LogP contribution in [0.3, 0.4) is 0 Å². The summed E-state index contributed by atoms with van der Waals surface area (Å²) in [6.45, 7) is 1.07. The van der Waals surface area contributed by atoms with Gasteiger partial charge < -0.3 is 9.73 Å². The van der Waals surface area contributed by atoms with E-state index in [0.29, 0.717) is 11.7 Å². The lowest BCUT2D eigenvalue weighted by molar-refractivity contribution is 0.434. The van der Waals surface area contributed by atoms with Crippen LogP contribution in [0, 0.1) is 5.92 Å². The first-order valence-corrected chi connectivity index (χ1v) is 6.40. The number of furan rings is 1. The Labute approximate surface area is 106 Å². The van der Waals surface area contributed by atoms with Crippen molar-refractivity contribution in [1.82, 2.24) is 15.3 Å². The van der Waals surface area contributed by atoms with E-state index >= 15 is 0 Å². The van der Waals surface area contributed by atoms with E-state index in [9.17, 15) is 0 Å². The first-order chi connectivity index (χ1) is 8.86. The van der Waals surface area contributed by atoms with E-state index in [1.165, 1.54) is 17.7 Å². The van der Waals surface area contributed by atoms with Gasteiger partial charge in [0.15, 0.2) is 11.6 Å². The van der Waals surface area contributed by atoms with Crippen LogP contribution in [0.15, 0.2) is 29.0 Å². The molecule has 0 aliphatic heterocycles. The zero-order valence-corrected chi connectivity index (χ0v) is 10.5. The molecule has 0 radical (unpaired) electrons. The highest BCUT2D eigenvalue weighted by Gasteiger charge is 2.20. The van der Waals surface area contributed by atoms with Crippen LogP contribution in [0.25, 0.3) is 11.6 Å². The van der Waals surface area contributed by atoms with Gasteiger partial charge in [0.25, 0.3) is 0 Å². The molecule has 3 rings (SSSR count). The van der Waals surface area contributed by atoms with Crippen LogP contribution in [0.1, 0.15) is 17.7 Å². The van der Waals surface area contributed by atoms with Crippen LogP contribution in [-0.2, 0) is 12.8 Å². The minimum atomic E-state index is 0.700. The summed E-state index contributed by atoms with van der Waals surface area (Å²) in [6.07, 6.45) is 6.93. The lowest BCUT2D eigenvalue weighted by Gasteiger charge is -2.23. The number of fused-ring (bicyclic) bond motifs is 1. The van der Waals surface area contributed by atoms with Crippen LogP contribution < -0.4 is 5.32 Å². The normalized spacial score (nSPS) is 18.6. The molecule has 18 heavy (non-hydrogen) atoms. The summed E-state index contributed by atoms with van der Waals surface area (Å²) in [6, 6.07) is 3.76. The molecule has 4 heteroatoms. The van der Waals surface area contributed by atoms with E-state index in [-0.39, 0.29) is 0 Å². The molecule has 0 saturated heterocycles. The fourth-order valence-corrected chi connectivity index (χ4v) is 2.57. The molecule has 94 valence electrons. The molecule has 4 nitrogen and oxygen atoms in total. The van der Waals surface area contributed by atoms with Crippen LogP contribution in [0.4, 0.5) is 0 Å². The van der Waals surface area contributed by atoms with Crippen molar-refractivity contribution in [3.05, 3.63) is 35.9 Å². The minimum Gasteiger partial charge on any atom is -0.461 e. The van der Waals surface area contributed by atoms with Crippen molar-refractivity contribution in [3.8, 4) is 11.6 Å². The van der Waals surface area contributed by atoms with Crippen molar-refractivity contribution in [1.29, 1.82) is 0 Å². The third-order valence-corrected chi connectivity index (χ3v) is 3.49. The van der Waals surface area contributed by atoms with Gasteiger partial charge in [0.1, 0.15) is 0 Å². The number of rotatable bonds is 3. The van der Waals surface area contributed by atoms with Gasteiger partial charge in [-0.3, -0.25) is 0 Å². The highest BCUT2D eigenvalue weighted by molar-refractivity contribution is 5.47. The number of nitrogens with zero attached hydrogens (tertiary/aromatic N) is 2. The van der Waals surface area contributed by atoms with Crippen molar-refractivity contribution < 1.29 is 4.42 Å². The molecule has 0 saturated carbocycles. The monoisotopic (exact) mass is 243 g/mol. The van der Waals surface area contributed by atoms with Crippen LogP contribution in [0.5, 0.6) is 0 Å². The molecule has 2 heterocycles. The zero-order valence-electron chi connectivity index (χ0n) is 10.5. The van der Waals surface area contributed by atoms with Gasteiger partial charge in [-0.05, 0) is 56.5 Å². The van der Waals surface area contributed by atoms with E-state index in [1.807, 2.05) is 25.4 Å². The topological polar surface area (TPSA) is 51.0 Å². The highest BCUT2D eigenvalue weighted by atomic mass is 16.3. The van der Waals surface area contributed by atoms with Crippen molar-refractivity contribution in [2.24, 2.45) is 5.92 Å². The summed E-state index contributed by atoms with van der Waals surface area (Å²) in [5.74, 6) is 2.15. The third-order valence-electron chi connectivity index (χ3n) is 3.49. The smallest absolute Gasteiger partial charge is 0.195 e. The van der Waals surface area contributed by atoms with E-state index in [0.717, 1.165) is 25.1 Å². The van der Waals surface area contributed by atoms with Crippen LogP contribution >= 0.6 is 0 Å². The summed E-state index contributed by atoms with van der Waals surface area (Å²) >= 11 is 0. The van der Waals surface area contributed by atoms with Gasteiger partial charge in [-0.1, -0.05) is 0 Å². The van der Waals surface area contributed by atoms with Gasteiger partial charge in [0, 0.05) is 11.9 Å². The highest BCUT2D eigenvalue weighted by Crippen LogP contribution is 2.25. The molecule has 1 unspecified atom stereocenters. The molecular weight excluding hydrogens is 226 g/mol. The van der Waals surface area contributed by atoms with Gasteiger partial charge in [-0.2, -0.15) is 0 Å². The molecule has 2 aromatic heterocycles. The molecule has 0 aromatic carbocycles. The lowest BCUT2D eigenvalue weighted by Crippen LogP contribution is -2.25. The van der Waals surface area contributed by atoms with Crippen molar-refractivity contribution in [3.63, 3.8) is 0 Å². The maximum Gasteiger partial charge on any atom is 0.195 e. The quantitative estimate of drug-likeness (QED) is 0.896. The second-order valence-corrected chi connectivity index (χ2v) is 4.81. The molecular formula is C14H17N3O. The van der Waals surface area contributed by atoms with E-state index < -0.39 is 0 Å². The molecule has 1 aliphatic rings. The van der Waals surface area contributed by atoms with E-state index in [4.69, 9.17) is 4.42 Å². The lowest BCUT2D eigenvalue weighted by atomic mass is 9.87. The Kier molecular flexibility index (Phi) is 3.11. The average molecular weight is 243 g/mol. The van der Waals surface area contributed by atoms with E-state index in [2.05, 4.69) is 15.3 Å². The third kappa shape index (κ3) is 2.16. The zero-order chi connectivity index (χ0) is 12.4. The Balaban J connectivity index is 1.85. The molecule has 0 amide bonds. The van der Waals surface area contributed by atoms with Gasteiger partial charge in [-0.25, -0.2) is 9.97 Å². The Morgan fingerprint density at radius 2 is 2.44 bits per heavy atom. The molecule has 1 N–H and O–H groups in total. The fourth-order valence-electron chi connectivity index (χ4n) is 2.57. The Bertz CT molecular complexity index is 522. The molecule has 0 spiro atoms. The van der Waals surface area contributed by atoms with Gasteiger partial charge in [0.2, 0.25) is 0 Å². The summed E-state index contributed by atoms with van der Waals surface area (Å²) in [5.41, 5.74) is 2.47. The molecule has 1 aliphatic carbocycles. The summed E-state index contributed by atoms with van der Waals surface area (Å²) < 4.78 is 5.34. The number of aryl methyl sites for hydroxylation is 1. The van der Waals surface area contributed by atoms with Gasteiger partial charge in [-0.15, -0.1) is 0 Å². The Hall–Kier alpha value is -1.68. The maximum atomic E-state index is 5.34. The van der Waals surface area contributed by atoms with Crippen molar-refractivity contribution in [2.75, 3.05) is 13.6 Å².